The molecule has 0 fully saturated rings. The Morgan fingerprint density at radius 3 is 2.55 bits per heavy atom. The van der Waals surface area contributed by atoms with Crippen molar-refractivity contribution in [2.75, 3.05) is 19.5 Å². The zero-order valence-corrected chi connectivity index (χ0v) is 14.9. The first-order valence-electron chi connectivity index (χ1n) is 7.72. The average Bonchev–Trinajstić information content (AvgIpc) is 2.49. The highest BCUT2D eigenvalue weighted by atomic mass is 32.2. The zero-order chi connectivity index (χ0) is 16.2. The van der Waals surface area contributed by atoms with Gasteiger partial charge in [0.2, 0.25) is 0 Å². The van der Waals surface area contributed by atoms with Gasteiger partial charge in [-0.2, -0.15) is 0 Å². The molecule has 0 aromatic heterocycles. The summed E-state index contributed by atoms with van der Waals surface area (Å²) in [4.78, 5) is 5.93. The SMILES string of the molecule is C/C=C/CSc1cc(C)c(OCCCC/C=N/OC)c(C)c1. The third-order valence-electron chi connectivity index (χ3n) is 3.17. The minimum atomic E-state index is 0.744. The Hall–Kier alpha value is -1.42. The van der Waals surface area contributed by atoms with Gasteiger partial charge in [0.25, 0.3) is 0 Å². The highest BCUT2D eigenvalue weighted by Crippen LogP contribution is 2.30. The highest BCUT2D eigenvalue weighted by Gasteiger charge is 2.06. The summed E-state index contributed by atoms with van der Waals surface area (Å²) in [6.45, 7) is 7.03. The van der Waals surface area contributed by atoms with Gasteiger partial charge in [0.1, 0.15) is 12.9 Å². The van der Waals surface area contributed by atoms with Crippen molar-refractivity contribution in [3.63, 3.8) is 0 Å². The number of hydrogen-bond donors (Lipinski definition) is 0. The van der Waals surface area contributed by atoms with E-state index in [9.17, 15) is 0 Å². The number of thioether (sulfide) groups is 1. The lowest BCUT2D eigenvalue weighted by molar-refractivity contribution is 0.214. The normalized spacial score (nSPS) is 11.5. The average molecular weight is 321 g/mol. The molecule has 22 heavy (non-hydrogen) atoms. The van der Waals surface area contributed by atoms with Crippen molar-refractivity contribution in [2.45, 2.75) is 44.9 Å². The fraction of sp³-hybridized carbons (Fsp3) is 0.500. The number of hydrogen-bond acceptors (Lipinski definition) is 4. The van der Waals surface area contributed by atoms with Gasteiger partial charge in [0.15, 0.2) is 0 Å². The van der Waals surface area contributed by atoms with Crippen LogP contribution in [0.5, 0.6) is 5.75 Å². The van der Waals surface area contributed by atoms with E-state index in [1.54, 1.807) is 13.3 Å². The number of rotatable bonds is 10. The topological polar surface area (TPSA) is 30.8 Å². The molecule has 0 aliphatic carbocycles. The molecular weight excluding hydrogens is 294 g/mol. The van der Waals surface area contributed by atoms with Gasteiger partial charge in [-0.3, -0.25) is 0 Å². The van der Waals surface area contributed by atoms with E-state index in [4.69, 9.17) is 4.74 Å². The Morgan fingerprint density at radius 1 is 1.18 bits per heavy atom. The van der Waals surface area contributed by atoms with Gasteiger partial charge >= 0.3 is 0 Å². The predicted molar refractivity (Wildman–Crippen MR) is 96.3 cm³/mol. The molecule has 0 atom stereocenters. The summed E-state index contributed by atoms with van der Waals surface area (Å²) in [6, 6.07) is 4.42. The monoisotopic (exact) mass is 321 g/mol. The summed E-state index contributed by atoms with van der Waals surface area (Å²) in [5.74, 6) is 2.04. The molecule has 4 heteroatoms. The van der Waals surface area contributed by atoms with Crippen LogP contribution < -0.4 is 4.74 Å². The predicted octanol–water partition coefficient (Wildman–Crippen LogP) is 5.15. The van der Waals surface area contributed by atoms with Crippen LogP contribution in [0.15, 0.2) is 34.3 Å². The largest absolute Gasteiger partial charge is 0.493 e. The van der Waals surface area contributed by atoms with E-state index in [0.29, 0.717) is 0 Å². The van der Waals surface area contributed by atoms with Gasteiger partial charge in [-0.05, 0) is 63.3 Å². The van der Waals surface area contributed by atoms with E-state index in [0.717, 1.165) is 37.4 Å². The smallest absolute Gasteiger partial charge is 0.125 e. The van der Waals surface area contributed by atoms with E-state index in [1.807, 2.05) is 11.8 Å². The van der Waals surface area contributed by atoms with Gasteiger partial charge in [-0.25, -0.2) is 0 Å². The molecule has 0 saturated carbocycles. The quantitative estimate of drug-likeness (QED) is 0.196. The van der Waals surface area contributed by atoms with Crippen molar-refractivity contribution >= 4 is 18.0 Å². The molecule has 0 aliphatic rings. The standard InChI is InChI=1S/C18H27NO2S/c1-5-6-12-22-17-13-15(2)18(16(3)14-17)21-11-9-7-8-10-19-20-4/h5-6,10,13-14H,7-9,11-12H2,1-4H3/b6-5+,19-10+. The van der Waals surface area contributed by atoms with Crippen LogP contribution in [0, 0.1) is 13.8 Å². The van der Waals surface area contributed by atoms with Gasteiger partial charge in [0.05, 0.1) is 6.61 Å². The molecule has 0 radical (unpaired) electrons. The molecule has 1 aromatic carbocycles. The fourth-order valence-electron chi connectivity index (χ4n) is 2.10. The van der Waals surface area contributed by atoms with E-state index in [2.05, 4.69) is 55.0 Å². The molecule has 1 aromatic rings. The van der Waals surface area contributed by atoms with Crippen LogP contribution in [0.25, 0.3) is 0 Å². The Kier molecular flexibility index (Phi) is 9.47. The molecule has 0 N–H and O–H groups in total. The fourth-order valence-corrected chi connectivity index (χ4v) is 3.10. The second kappa shape index (κ2) is 11.2. The van der Waals surface area contributed by atoms with Crippen molar-refractivity contribution < 1.29 is 9.57 Å². The number of oxime groups is 1. The third-order valence-corrected chi connectivity index (χ3v) is 4.10. The lowest BCUT2D eigenvalue weighted by atomic mass is 10.1. The maximum Gasteiger partial charge on any atom is 0.125 e. The molecular formula is C18H27NO2S. The molecule has 1 rings (SSSR count). The van der Waals surface area contributed by atoms with E-state index in [1.165, 1.54) is 16.0 Å². The van der Waals surface area contributed by atoms with E-state index >= 15 is 0 Å². The first-order chi connectivity index (χ1) is 10.7. The highest BCUT2D eigenvalue weighted by molar-refractivity contribution is 7.99. The van der Waals surface area contributed by atoms with Crippen LogP contribution in [0.1, 0.15) is 37.3 Å². The van der Waals surface area contributed by atoms with Gasteiger partial charge < -0.3 is 9.57 Å². The first kappa shape index (κ1) is 18.6. The molecule has 0 amide bonds. The lowest BCUT2D eigenvalue weighted by Crippen LogP contribution is -2.01. The van der Waals surface area contributed by atoms with E-state index in [-0.39, 0.29) is 0 Å². The van der Waals surface area contributed by atoms with Crippen LogP contribution in [0.4, 0.5) is 0 Å². The summed E-state index contributed by atoms with van der Waals surface area (Å²) in [5.41, 5.74) is 2.42. The Bertz CT molecular complexity index is 475. The first-order valence-corrected chi connectivity index (χ1v) is 8.70. The second-order valence-electron chi connectivity index (χ2n) is 5.08. The molecule has 0 bridgehead atoms. The minimum absolute atomic E-state index is 0.744. The molecule has 0 spiro atoms. The maximum atomic E-state index is 5.96. The van der Waals surface area contributed by atoms with Crippen LogP contribution in [-0.4, -0.2) is 25.7 Å². The lowest BCUT2D eigenvalue weighted by Gasteiger charge is -2.13. The van der Waals surface area contributed by atoms with Gasteiger partial charge in [0, 0.05) is 16.9 Å². The van der Waals surface area contributed by atoms with Crippen LogP contribution in [-0.2, 0) is 4.84 Å². The van der Waals surface area contributed by atoms with Crippen LogP contribution in [0.2, 0.25) is 0 Å². The molecule has 122 valence electrons. The van der Waals surface area contributed by atoms with Crippen LogP contribution in [0.3, 0.4) is 0 Å². The summed E-state index contributed by atoms with van der Waals surface area (Å²) >= 11 is 1.85. The molecule has 0 heterocycles. The summed E-state index contributed by atoms with van der Waals surface area (Å²) in [5, 5.41) is 3.72. The molecule has 0 aliphatic heterocycles. The Morgan fingerprint density at radius 2 is 1.91 bits per heavy atom. The summed E-state index contributed by atoms with van der Waals surface area (Å²) in [7, 11) is 1.56. The third kappa shape index (κ3) is 7.03. The maximum absolute atomic E-state index is 5.96. The Balaban J connectivity index is 2.45. The summed E-state index contributed by atoms with van der Waals surface area (Å²) in [6.07, 6.45) is 9.06. The van der Waals surface area contributed by atoms with Crippen molar-refractivity contribution in [1.29, 1.82) is 0 Å². The number of ether oxygens (including phenoxy) is 1. The van der Waals surface area contributed by atoms with Crippen molar-refractivity contribution in [3.05, 3.63) is 35.4 Å². The minimum Gasteiger partial charge on any atom is -0.493 e. The van der Waals surface area contributed by atoms with Crippen molar-refractivity contribution in [3.8, 4) is 5.75 Å². The number of aryl methyl sites for hydroxylation is 2. The number of benzene rings is 1. The van der Waals surface area contributed by atoms with Gasteiger partial charge in [-0.15, -0.1) is 11.8 Å². The number of nitrogens with zero attached hydrogens (tertiary/aromatic N) is 1. The molecule has 0 saturated heterocycles. The summed E-state index contributed by atoms with van der Waals surface area (Å²) < 4.78 is 5.96. The second-order valence-corrected chi connectivity index (χ2v) is 6.17. The van der Waals surface area contributed by atoms with E-state index < -0.39 is 0 Å². The number of unbranched alkanes of at least 4 members (excludes halogenated alkanes) is 2. The van der Waals surface area contributed by atoms with Crippen molar-refractivity contribution in [2.24, 2.45) is 5.16 Å². The van der Waals surface area contributed by atoms with Gasteiger partial charge in [-0.1, -0.05) is 17.3 Å². The molecule has 0 unspecified atom stereocenters. The molecule has 3 nitrogen and oxygen atoms in total. The number of allylic oxidation sites excluding steroid dienone is 1. The van der Waals surface area contributed by atoms with Crippen molar-refractivity contribution in [1.82, 2.24) is 0 Å². The zero-order valence-electron chi connectivity index (χ0n) is 14.1. The Labute approximate surface area is 138 Å². The van der Waals surface area contributed by atoms with Crippen LogP contribution >= 0.6 is 11.8 Å².